The second-order valence-corrected chi connectivity index (χ2v) is 4.55. The zero-order valence-electron chi connectivity index (χ0n) is 3.73. The summed E-state index contributed by atoms with van der Waals surface area (Å²) in [6.45, 7) is -3.21. The number of hydrogen-bond donors (Lipinski definition) is 0. The zero-order chi connectivity index (χ0) is 5.91. The lowest BCUT2D eigenvalue weighted by atomic mass is 11.0. The van der Waals surface area contributed by atoms with Crippen molar-refractivity contribution in [3.63, 3.8) is 0 Å². The second-order valence-electron chi connectivity index (χ2n) is 0.832. The van der Waals surface area contributed by atoms with Crippen molar-refractivity contribution in [3.05, 3.63) is 0 Å². The molecule has 5 heteroatoms. The molecular weight excluding hydrogens is 141 g/mol. The number of rotatable bonds is 2. The van der Waals surface area contributed by atoms with E-state index in [0.717, 1.165) is 0 Å². The highest BCUT2D eigenvalue weighted by atomic mass is 32.7. The van der Waals surface area contributed by atoms with Gasteiger partial charge in [-0.25, -0.2) is 4.57 Å². The summed E-state index contributed by atoms with van der Waals surface area (Å²) >= 11 is 0.211. The Bertz CT molecular complexity index is 89.7. The molecule has 0 heterocycles. The maximum absolute atomic E-state index is 11.2. The van der Waals surface area contributed by atoms with Crippen LogP contribution in [0.4, 0.5) is 8.39 Å². The Morgan fingerprint density at radius 1 is 1.71 bits per heavy atom. The van der Waals surface area contributed by atoms with E-state index in [2.05, 4.69) is 0 Å². The summed E-state index contributed by atoms with van der Waals surface area (Å²) in [6, 6.07) is 0. The van der Waals surface area contributed by atoms with Gasteiger partial charge < -0.3 is 0 Å². The monoisotopic (exact) mass is 146 g/mol. The molecule has 44 valence electrons. The molecular formula is C2H5F2OPS. The van der Waals surface area contributed by atoms with E-state index in [1.54, 1.807) is 0 Å². The van der Waals surface area contributed by atoms with Gasteiger partial charge in [0.05, 0.1) is 0 Å². The van der Waals surface area contributed by atoms with Gasteiger partial charge in [-0.15, -0.1) is 8.39 Å². The summed E-state index contributed by atoms with van der Waals surface area (Å²) in [5, 5.41) is 0. The SMILES string of the molecule is CCSP(=O)(F)F. The van der Waals surface area contributed by atoms with Crippen LogP contribution in [0.2, 0.25) is 0 Å². The van der Waals surface area contributed by atoms with Gasteiger partial charge in [0, 0.05) is 5.75 Å². The topological polar surface area (TPSA) is 17.1 Å². The van der Waals surface area contributed by atoms with Crippen LogP contribution < -0.4 is 0 Å². The molecule has 1 nitrogen and oxygen atoms in total. The van der Waals surface area contributed by atoms with Gasteiger partial charge in [0.15, 0.2) is 0 Å². The Labute approximate surface area is 44.8 Å². The van der Waals surface area contributed by atoms with Crippen molar-refractivity contribution in [2.75, 3.05) is 5.75 Å². The van der Waals surface area contributed by atoms with E-state index >= 15 is 0 Å². The molecule has 0 aromatic rings. The maximum atomic E-state index is 11.2. The van der Waals surface area contributed by atoms with E-state index in [9.17, 15) is 13.0 Å². The van der Waals surface area contributed by atoms with Crippen LogP contribution in [-0.4, -0.2) is 5.75 Å². The van der Waals surface area contributed by atoms with Gasteiger partial charge in [-0.2, -0.15) is 0 Å². The molecule has 0 aliphatic heterocycles. The molecule has 0 aliphatic carbocycles. The van der Waals surface area contributed by atoms with Crippen molar-refractivity contribution in [1.29, 1.82) is 0 Å². The molecule has 7 heavy (non-hydrogen) atoms. The van der Waals surface area contributed by atoms with Crippen LogP contribution in [0.1, 0.15) is 6.92 Å². The van der Waals surface area contributed by atoms with Gasteiger partial charge in [0.2, 0.25) is 0 Å². The molecule has 0 radical (unpaired) electrons. The summed E-state index contributed by atoms with van der Waals surface area (Å²) in [6.07, 6.45) is 0. The second kappa shape index (κ2) is 2.68. The first kappa shape index (κ1) is 7.44. The predicted octanol–water partition coefficient (Wildman–Crippen LogP) is 2.79. The van der Waals surface area contributed by atoms with Crippen LogP contribution in [0, 0.1) is 0 Å². The molecule has 0 unspecified atom stereocenters. The minimum absolute atomic E-state index is 0.211. The highest BCUT2D eigenvalue weighted by Crippen LogP contribution is 2.61. The molecule has 0 saturated heterocycles. The van der Waals surface area contributed by atoms with Crippen molar-refractivity contribution in [2.24, 2.45) is 0 Å². The minimum Gasteiger partial charge on any atom is -0.237 e. The lowest BCUT2D eigenvalue weighted by molar-refractivity contribution is 0.515. The fourth-order valence-electron chi connectivity index (χ4n) is 0.150. The Hall–Kier alpha value is 0.440. The van der Waals surface area contributed by atoms with E-state index in [4.69, 9.17) is 0 Å². The summed E-state index contributed by atoms with van der Waals surface area (Å²) in [5.74, 6) is 0.213. The normalized spacial score (nSPS) is 11.9. The fraction of sp³-hybridized carbons (Fsp3) is 1.00. The average molecular weight is 146 g/mol. The van der Waals surface area contributed by atoms with Crippen molar-refractivity contribution in [2.45, 2.75) is 6.92 Å². The third kappa shape index (κ3) is 6.44. The Kier molecular flexibility index (Phi) is 2.84. The zero-order valence-corrected chi connectivity index (χ0v) is 5.44. The van der Waals surface area contributed by atoms with Gasteiger partial charge in [-0.1, -0.05) is 6.92 Å². The number of hydrogen-bond acceptors (Lipinski definition) is 2. The first-order chi connectivity index (χ1) is 3.06. The minimum atomic E-state index is -4.75. The molecule has 0 rings (SSSR count). The quantitative estimate of drug-likeness (QED) is 0.557. The molecule has 0 bridgehead atoms. The van der Waals surface area contributed by atoms with Crippen molar-refractivity contribution in [3.8, 4) is 0 Å². The molecule has 0 fully saturated rings. The smallest absolute Gasteiger partial charge is 0.237 e. The van der Waals surface area contributed by atoms with Gasteiger partial charge in [0.1, 0.15) is 0 Å². The van der Waals surface area contributed by atoms with Gasteiger partial charge in [-0.05, 0) is 11.4 Å². The maximum Gasteiger partial charge on any atom is 0.461 e. The van der Waals surface area contributed by atoms with Crippen LogP contribution in [0.5, 0.6) is 0 Å². The third-order valence-corrected chi connectivity index (χ3v) is 2.51. The highest BCUT2D eigenvalue weighted by molar-refractivity contribution is 8.54. The van der Waals surface area contributed by atoms with E-state index in [1.807, 2.05) is 0 Å². The molecule has 0 aliphatic rings. The van der Waals surface area contributed by atoms with Crippen molar-refractivity contribution in [1.82, 2.24) is 0 Å². The molecule has 0 aromatic carbocycles. The highest BCUT2D eigenvalue weighted by Gasteiger charge is 2.16. The van der Waals surface area contributed by atoms with Crippen molar-refractivity contribution >= 4 is 18.3 Å². The standard InChI is InChI=1S/C2H5F2OPS/c1-2-7-6(3,4)5/h2H2,1H3. The van der Waals surface area contributed by atoms with E-state index < -0.39 is 6.97 Å². The van der Waals surface area contributed by atoms with Gasteiger partial charge in [-0.3, -0.25) is 0 Å². The first-order valence-corrected chi connectivity index (χ1v) is 4.78. The summed E-state index contributed by atoms with van der Waals surface area (Å²) < 4.78 is 31.9. The Balaban J connectivity index is 3.36. The van der Waals surface area contributed by atoms with E-state index in [1.165, 1.54) is 6.92 Å². The first-order valence-electron chi connectivity index (χ1n) is 1.70. The van der Waals surface area contributed by atoms with Crippen molar-refractivity contribution < 1.29 is 13.0 Å². The van der Waals surface area contributed by atoms with Crippen LogP contribution in [0.25, 0.3) is 0 Å². The van der Waals surface area contributed by atoms with E-state index in [0.29, 0.717) is 0 Å². The largest absolute Gasteiger partial charge is 0.461 e. The fourth-order valence-corrected chi connectivity index (χ4v) is 1.35. The van der Waals surface area contributed by atoms with Crippen LogP contribution in [-0.2, 0) is 4.57 Å². The third-order valence-electron chi connectivity index (χ3n) is 0.279. The van der Waals surface area contributed by atoms with Crippen LogP contribution >= 0.6 is 18.3 Å². The summed E-state index contributed by atoms with van der Waals surface area (Å²) in [4.78, 5) is 0. The molecule has 0 aromatic heterocycles. The summed E-state index contributed by atoms with van der Waals surface area (Å²) in [7, 11) is 0. The lowest BCUT2D eigenvalue weighted by Gasteiger charge is -1.89. The molecule has 0 saturated carbocycles. The van der Waals surface area contributed by atoms with Crippen LogP contribution in [0.3, 0.4) is 0 Å². The molecule has 0 spiro atoms. The Morgan fingerprint density at radius 3 is 2.14 bits per heavy atom. The summed E-state index contributed by atoms with van der Waals surface area (Å²) in [5.41, 5.74) is 0. The lowest BCUT2D eigenvalue weighted by Crippen LogP contribution is -1.57. The van der Waals surface area contributed by atoms with E-state index in [-0.39, 0.29) is 17.1 Å². The van der Waals surface area contributed by atoms with Crippen LogP contribution in [0.15, 0.2) is 0 Å². The van der Waals surface area contributed by atoms with Gasteiger partial charge >= 0.3 is 6.97 Å². The predicted molar refractivity (Wildman–Crippen MR) is 28.0 cm³/mol. The molecule has 0 amide bonds. The average Bonchev–Trinajstić information content (AvgIpc) is 1.30. The Morgan fingerprint density at radius 2 is 2.14 bits per heavy atom. The molecule has 0 atom stereocenters. The molecule has 0 N–H and O–H groups in total. The number of halogens is 2. The van der Waals surface area contributed by atoms with Gasteiger partial charge in [0.25, 0.3) is 0 Å².